The molecule has 7 nitrogen and oxygen atoms in total. The number of amides is 1. The highest BCUT2D eigenvalue weighted by Crippen LogP contribution is 2.43. The summed E-state index contributed by atoms with van der Waals surface area (Å²) >= 11 is 0. The molecular formula is C19H25NO6. The third-order valence-electron chi connectivity index (χ3n) is 5.23. The maximum atomic E-state index is 13.0. The fourth-order valence-corrected chi connectivity index (χ4v) is 3.75. The van der Waals surface area contributed by atoms with Crippen LogP contribution in [0.25, 0.3) is 0 Å². The van der Waals surface area contributed by atoms with Crippen LogP contribution in [0.1, 0.15) is 23.7 Å². The van der Waals surface area contributed by atoms with Gasteiger partial charge < -0.3 is 24.2 Å². The van der Waals surface area contributed by atoms with E-state index in [1.807, 2.05) is 13.0 Å². The van der Waals surface area contributed by atoms with Crippen LogP contribution in [0.3, 0.4) is 0 Å². The highest BCUT2D eigenvalue weighted by Gasteiger charge is 2.55. The number of hydrogen-bond acceptors (Lipinski definition) is 5. The number of hydrogen-bond donors (Lipinski definition) is 1. The number of rotatable bonds is 7. The quantitative estimate of drug-likeness (QED) is 0.742. The van der Waals surface area contributed by atoms with Gasteiger partial charge in [-0.1, -0.05) is 12.1 Å². The molecule has 26 heavy (non-hydrogen) atoms. The maximum Gasteiger partial charge on any atom is 0.311 e. The number of carbonyl (C=O) groups is 2. The SMILES string of the molecule is CCOCCOc1ccccc1C(=O)N1C[C@H]2COCC[C@@]2(C(=O)O)C1. The van der Waals surface area contributed by atoms with Gasteiger partial charge in [0, 0.05) is 32.2 Å². The molecule has 2 aliphatic rings. The van der Waals surface area contributed by atoms with Crippen molar-refractivity contribution in [3.05, 3.63) is 29.8 Å². The minimum Gasteiger partial charge on any atom is -0.490 e. The summed E-state index contributed by atoms with van der Waals surface area (Å²) in [4.78, 5) is 26.6. The average molecular weight is 363 g/mol. The van der Waals surface area contributed by atoms with Gasteiger partial charge in [-0.2, -0.15) is 0 Å². The molecule has 1 amide bonds. The summed E-state index contributed by atoms with van der Waals surface area (Å²) in [6, 6.07) is 7.05. The van der Waals surface area contributed by atoms with E-state index in [0.717, 1.165) is 0 Å². The van der Waals surface area contributed by atoms with E-state index in [4.69, 9.17) is 14.2 Å². The van der Waals surface area contributed by atoms with Gasteiger partial charge in [0.05, 0.1) is 24.2 Å². The van der Waals surface area contributed by atoms with E-state index in [-0.39, 0.29) is 18.4 Å². The van der Waals surface area contributed by atoms with Gasteiger partial charge in [0.15, 0.2) is 0 Å². The van der Waals surface area contributed by atoms with Crippen LogP contribution in [0.2, 0.25) is 0 Å². The van der Waals surface area contributed by atoms with Gasteiger partial charge in [0.1, 0.15) is 12.4 Å². The van der Waals surface area contributed by atoms with Crippen LogP contribution in [0.4, 0.5) is 0 Å². The minimum absolute atomic E-state index is 0.177. The van der Waals surface area contributed by atoms with Gasteiger partial charge in [0.2, 0.25) is 0 Å². The van der Waals surface area contributed by atoms with Gasteiger partial charge >= 0.3 is 5.97 Å². The summed E-state index contributed by atoms with van der Waals surface area (Å²) < 4.78 is 16.4. The van der Waals surface area contributed by atoms with E-state index in [2.05, 4.69) is 0 Å². The van der Waals surface area contributed by atoms with Crippen LogP contribution in [0.15, 0.2) is 24.3 Å². The fourth-order valence-electron chi connectivity index (χ4n) is 3.75. The number of carboxylic acids is 1. The number of carbonyl (C=O) groups excluding carboxylic acids is 1. The van der Waals surface area contributed by atoms with E-state index in [0.29, 0.717) is 57.3 Å². The van der Waals surface area contributed by atoms with Crippen LogP contribution in [0.5, 0.6) is 5.75 Å². The van der Waals surface area contributed by atoms with Gasteiger partial charge in [-0.15, -0.1) is 0 Å². The Morgan fingerprint density at radius 1 is 1.35 bits per heavy atom. The molecule has 1 aromatic rings. The van der Waals surface area contributed by atoms with Crippen LogP contribution < -0.4 is 4.74 Å². The summed E-state index contributed by atoms with van der Waals surface area (Å²) in [5, 5.41) is 9.76. The molecule has 0 aromatic heterocycles. The van der Waals surface area contributed by atoms with E-state index in [1.54, 1.807) is 23.1 Å². The first kappa shape index (κ1) is 18.7. The first-order chi connectivity index (χ1) is 12.6. The topological polar surface area (TPSA) is 85.3 Å². The number of fused-ring (bicyclic) bond motifs is 1. The molecule has 2 atom stereocenters. The van der Waals surface area contributed by atoms with Crippen molar-refractivity contribution in [2.75, 3.05) is 46.1 Å². The van der Waals surface area contributed by atoms with Crippen molar-refractivity contribution in [3.63, 3.8) is 0 Å². The second-order valence-electron chi connectivity index (χ2n) is 6.71. The predicted molar refractivity (Wildman–Crippen MR) is 93.3 cm³/mol. The lowest BCUT2D eigenvalue weighted by atomic mass is 9.74. The number of ether oxygens (including phenoxy) is 3. The Balaban J connectivity index is 1.75. The van der Waals surface area contributed by atoms with Crippen LogP contribution >= 0.6 is 0 Å². The Bertz CT molecular complexity index is 663. The van der Waals surface area contributed by atoms with E-state index >= 15 is 0 Å². The molecule has 0 unspecified atom stereocenters. The number of nitrogens with zero attached hydrogens (tertiary/aromatic N) is 1. The lowest BCUT2D eigenvalue weighted by Gasteiger charge is -2.33. The third-order valence-corrected chi connectivity index (χ3v) is 5.23. The predicted octanol–water partition coefficient (Wildman–Crippen LogP) is 1.67. The molecule has 0 bridgehead atoms. The zero-order chi connectivity index (χ0) is 18.6. The summed E-state index contributed by atoms with van der Waals surface area (Å²) in [6.45, 7) is 4.72. The van der Waals surface area contributed by atoms with Gasteiger partial charge in [-0.25, -0.2) is 0 Å². The summed E-state index contributed by atoms with van der Waals surface area (Å²) in [7, 11) is 0. The Morgan fingerprint density at radius 3 is 2.88 bits per heavy atom. The summed E-state index contributed by atoms with van der Waals surface area (Å²) in [5.74, 6) is -0.731. The Morgan fingerprint density at radius 2 is 2.15 bits per heavy atom. The monoisotopic (exact) mass is 363 g/mol. The standard InChI is InChI=1S/C19H25NO6/c1-2-24-9-10-26-16-6-4-3-5-15(16)17(21)20-11-14-12-25-8-7-19(14,13-20)18(22)23/h3-6,14H,2,7-13H2,1H3,(H,22,23)/t14-,19+/m0/s1. The summed E-state index contributed by atoms with van der Waals surface area (Å²) in [6.07, 6.45) is 0.434. The smallest absolute Gasteiger partial charge is 0.311 e. The highest BCUT2D eigenvalue weighted by molar-refractivity contribution is 5.97. The van der Waals surface area contributed by atoms with Crippen molar-refractivity contribution in [2.24, 2.45) is 11.3 Å². The average Bonchev–Trinajstić information content (AvgIpc) is 3.06. The third kappa shape index (κ3) is 3.54. The molecule has 0 radical (unpaired) electrons. The van der Waals surface area contributed by atoms with Gasteiger partial charge in [-0.05, 0) is 25.5 Å². The highest BCUT2D eigenvalue weighted by atomic mass is 16.5. The Labute approximate surface area is 152 Å². The lowest BCUT2D eigenvalue weighted by Crippen LogP contribution is -2.45. The van der Waals surface area contributed by atoms with Crippen LogP contribution in [-0.2, 0) is 14.3 Å². The molecule has 1 N–H and O–H groups in total. The van der Waals surface area contributed by atoms with Crippen molar-refractivity contribution in [1.29, 1.82) is 0 Å². The molecule has 3 rings (SSSR count). The van der Waals surface area contributed by atoms with E-state index in [9.17, 15) is 14.7 Å². The second-order valence-corrected chi connectivity index (χ2v) is 6.71. The normalized spacial score (nSPS) is 25.0. The van der Waals surface area contributed by atoms with Crippen LogP contribution in [-0.4, -0.2) is 68.0 Å². The molecule has 0 spiro atoms. The van der Waals surface area contributed by atoms with Crippen molar-refractivity contribution in [2.45, 2.75) is 13.3 Å². The van der Waals surface area contributed by atoms with Gasteiger partial charge in [0.25, 0.3) is 5.91 Å². The number of likely N-dealkylation sites (tertiary alicyclic amines) is 1. The molecule has 0 aliphatic carbocycles. The van der Waals surface area contributed by atoms with Crippen molar-refractivity contribution >= 4 is 11.9 Å². The summed E-state index contributed by atoms with van der Waals surface area (Å²) in [5.41, 5.74) is -0.456. The second kappa shape index (κ2) is 8.05. The molecular weight excluding hydrogens is 338 g/mol. The molecule has 2 heterocycles. The number of carboxylic acid groups (broad SMARTS) is 1. The van der Waals surface area contributed by atoms with E-state index in [1.165, 1.54) is 0 Å². The fraction of sp³-hybridized carbons (Fsp3) is 0.579. The maximum absolute atomic E-state index is 13.0. The first-order valence-electron chi connectivity index (χ1n) is 8.98. The number of benzene rings is 1. The van der Waals surface area contributed by atoms with Gasteiger partial charge in [-0.3, -0.25) is 9.59 Å². The lowest BCUT2D eigenvalue weighted by molar-refractivity contribution is -0.157. The van der Waals surface area contributed by atoms with E-state index < -0.39 is 11.4 Å². The van der Waals surface area contributed by atoms with Crippen molar-refractivity contribution in [1.82, 2.24) is 4.90 Å². The first-order valence-corrected chi connectivity index (χ1v) is 8.98. The molecule has 142 valence electrons. The molecule has 2 fully saturated rings. The number of para-hydroxylation sites is 1. The largest absolute Gasteiger partial charge is 0.490 e. The molecule has 2 saturated heterocycles. The van der Waals surface area contributed by atoms with Crippen molar-refractivity contribution in [3.8, 4) is 5.75 Å². The molecule has 0 saturated carbocycles. The molecule has 1 aromatic carbocycles. The van der Waals surface area contributed by atoms with Crippen molar-refractivity contribution < 1.29 is 28.9 Å². The zero-order valence-corrected chi connectivity index (χ0v) is 15.0. The zero-order valence-electron chi connectivity index (χ0n) is 15.0. The molecule has 7 heteroatoms. The Hall–Kier alpha value is -2.12. The Kier molecular flexibility index (Phi) is 5.78. The number of aliphatic carboxylic acids is 1. The van der Waals surface area contributed by atoms with Crippen LogP contribution in [0, 0.1) is 11.3 Å². The molecule has 2 aliphatic heterocycles. The minimum atomic E-state index is -0.904.